The van der Waals surface area contributed by atoms with Crippen molar-refractivity contribution in [3.63, 3.8) is 0 Å². The van der Waals surface area contributed by atoms with Gasteiger partial charge in [-0.3, -0.25) is 4.99 Å². The van der Waals surface area contributed by atoms with Gasteiger partial charge in [-0.2, -0.15) is 0 Å². The highest BCUT2D eigenvalue weighted by Crippen LogP contribution is 2.37. The fraction of sp³-hybridized carbons (Fsp3) is 0.444. The number of rotatable bonds is 9. The third-order valence-electron chi connectivity index (χ3n) is 6.35. The largest absolute Gasteiger partial charge is 0.378 e. The molecule has 1 aliphatic carbocycles. The Labute approximate surface area is 197 Å². The molecule has 4 rings (SSSR count). The molecule has 1 aliphatic heterocycles. The van der Waals surface area contributed by atoms with Gasteiger partial charge in [0.25, 0.3) is 0 Å². The van der Waals surface area contributed by atoms with Crippen molar-refractivity contribution in [2.24, 2.45) is 4.99 Å². The molecule has 4 nitrogen and oxygen atoms in total. The summed E-state index contributed by atoms with van der Waals surface area (Å²) in [5, 5.41) is 7.33. The van der Waals surface area contributed by atoms with Crippen LogP contribution in [0.3, 0.4) is 0 Å². The molecule has 2 aromatic carbocycles. The summed E-state index contributed by atoms with van der Waals surface area (Å²) in [6.07, 6.45) is 10.2. The van der Waals surface area contributed by atoms with Crippen LogP contribution >= 0.6 is 11.8 Å². The number of aryl methyl sites for hydroxylation is 1. The van der Waals surface area contributed by atoms with Crippen LogP contribution in [0.4, 0.5) is 11.4 Å². The lowest BCUT2D eigenvalue weighted by molar-refractivity contribution is 0.326. The Bertz CT molecular complexity index is 974. The van der Waals surface area contributed by atoms with E-state index in [9.17, 15) is 0 Å². The molecule has 32 heavy (non-hydrogen) atoms. The molecule has 0 radical (unpaired) electrons. The Morgan fingerprint density at radius 3 is 2.66 bits per heavy atom. The first-order chi connectivity index (χ1) is 15.6. The van der Waals surface area contributed by atoms with Crippen molar-refractivity contribution < 1.29 is 0 Å². The van der Waals surface area contributed by atoms with Crippen LogP contribution in [0.1, 0.15) is 61.8 Å². The number of piperidine rings is 1. The molecule has 2 aliphatic rings. The molecular formula is C27H36N4S. The van der Waals surface area contributed by atoms with E-state index in [-0.39, 0.29) is 6.04 Å². The average molecular weight is 449 g/mol. The number of hydrogen-bond donors (Lipinski definition) is 2. The molecule has 0 bridgehead atoms. The second-order valence-corrected chi connectivity index (χ2v) is 9.84. The fourth-order valence-electron chi connectivity index (χ4n) is 4.38. The molecule has 170 valence electrons. The number of likely N-dealkylation sites (tertiary alicyclic amines) is 1. The minimum Gasteiger partial charge on any atom is -0.378 e. The lowest BCUT2D eigenvalue weighted by atomic mass is 9.95. The topological polar surface area (TPSA) is 39.7 Å². The zero-order valence-corrected chi connectivity index (χ0v) is 20.5. The van der Waals surface area contributed by atoms with E-state index in [1.807, 2.05) is 6.34 Å². The number of benzene rings is 2. The molecule has 1 atom stereocenters. The van der Waals surface area contributed by atoms with Crippen molar-refractivity contribution in [1.82, 2.24) is 4.90 Å². The van der Waals surface area contributed by atoms with Crippen LogP contribution in [0.5, 0.6) is 0 Å². The third kappa shape index (κ3) is 5.50. The zero-order valence-electron chi connectivity index (χ0n) is 19.7. The van der Waals surface area contributed by atoms with Gasteiger partial charge in [-0.25, -0.2) is 0 Å². The summed E-state index contributed by atoms with van der Waals surface area (Å²) in [5.41, 5.74) is 7.10. The van der Waals surface area contributed by atoms with Gasteiger partial charge in [-0.15, -0.1) is 11.8 Å². The van der Waals surface area contributed by atoms with Gasteiger partial charge in [0.1, 0.15) is 0 Å². The Hall–Kier alpha value is -2.40. The molecule has 2 aromatic rings. The van der Waals surface area contributed by atoms with Crippen molar-refractivity contribution >= 4 is 35.2 Å². The quantitative estimate of drug-likeness (QED) is 0.247. The molecule has 0 spiro atoms. The summed E-state index contributed by atoms with van der Waals surface area (Å²) in [6, 6.07) is 13.7. The average Bonchev–Trinajstić information content (AvgIpc) is 3.64. The monoisotopic (exact) mass is 448 g/mol. The van der Waals surface area contributed by atoms with Gasteiger partial charge in [-0.1, -0.05) is 24.8 Å². The summed E-state index contributed by atoms with van der Waals surface area (Å²) in [4.78, 5) is 8.38. The standard InChI is InChI=1S/C27H36N4S/c1-19-16-23(20(2)30-25-10-6-7-11-26(25)32-4)27(29-18-28-22-12-13-22)24(17-19)21(3)31-14-8-5-9-15-31/h6-7,10-11,16-18,20,22,30H,3,5,8-9,12-15H2,1-2,4H3,(H,28,29). The van der Waals surface area contributed by atoms with E-state index in [0.717, 1.165) is 24.5 Å². The van der Waals surface area contributed by atoms with E-state index >= 15 is 0 Å². The van der Waals surface area contributed by atoms with Crippen LogP contribution in [-0.2, 0) is 0 Å². The van der Waals surface area contributed by atoms with Crippen LogP contribution in [0.15, 0.2) is 52.9 Å². The van der Waals surface area contributed by atoms with Gasteiger partial charge in [0.05, 0.1) is 24.1 Å². The van der Waals surface area contributed by atoms with E-state index in [1.165, 1.54) is 59.4 Å². The molecule has 1 unspecified atom stereocenters. The van der Waals surface area contributed by atoms with E-state index in [2.05, 4.69) is 83.6 Å². The fourth-order valence-corrected chi connectivity index (χ4v) is 4.95. The minimum atomic E-state index is 0.132. The molecule has 2 N–H and O–H groups in total. The predicted octanol–water partition coefficient (Wildman–Crippen LogP) is 6.95. The van der Waals surface area contributed by atoms with Gasteiger partial charge in [0.2, 0.25) is 0 Å². The maximum Gasteiger partial charge on any atom is 0.0871 e. The zero-order chi connectivity index (χ0) is 22.5. The van der Waals surface area contributed by atoms with Gasteiger partial charge in [-0.05, 0) is 81.5 Å². The third-order valence-corrected chi connectivity index (χ3v) is 7.14. The predicted molar refractivity (Wildman–Crippen MR) is 141 cm³/mol. The Balaban J connectivity index is 1.68. The van der Waals surface area contributed by atoms with Crippen LogP contribution in [0.2, 0.25) is 0 Å². The van der Waals surface area contributed by atoms with Gasteiger partial charge >= 0.3 is 0 Å². The van der Waals surface area contributed by atoms with Crippen LogP contribution in [-0.4, -0.2) is 36.6 Å². The van der Waals surface area contributed by atoms with Crippen molar-refractivity contribution in [2.45, 2.75) is 62.9 Å². The Morgan fingerprint density at radius 1 is 1.19 bits per heavy atom. The maximum atomic E-state index is 4.68. The number of thioether (sulfide) groups is 1. The summed E-state index contributed by atoms with van der Waals surface area (Å²) < 4.78 is 0. The highest BCUT2D eigenvalue weighted by atomic mass is 32.2. The number of anilines is 2. The van der Waals surface area contributed by atoms with Crippen molar-refractivity contribution in [2.75, 3.05) is 30.0 Å². The highest BCUT2D eigenvalue weighted by molar-refractivity contribution is 7.98. The van der Waals surface area contributed by atoms with Crippen molar-refractivity contribution in [3.8, 4) is 0 Å². The molecule has 2 fully saturated rings. The Morgan fingerprint density at radius 2 is 1.94 bits per heavy atom. The first kappa shape index (κ1) is 22.8. The summed E-state index contributed by atoms with van der Waals surface area (Å²) >= 11 is 1.77. The summed E-state index contributed by atoms with van der Waals surface area (Å²) in [5.74, 6) is 0. The van der Waals surface area contributed by atoms with E-state index in [0.29, 0.717) is 6.04 Å². The van der Waals surface area contributed by atoms with Crippen LogP contribution in [0.25, 0.3) is 5.70 Å². The summed E-state index contributed by atoms with van der Waals surface area (Å²) in [7, 11) is 0. The maximum absolute atomic E-state index is 4.68. The first-order valence-corrected chi connectivity index (χ1v) is 13.1. The highest BCUT2D eigenvalue weighted by Gasteiger charge is 2.22. The number of nitrogens with one attached hydrogen (secondary N) is 2. The van der Waals surface area contributed by atoms with E-state index < -0.39 is 0 Å². The summed E-state index contributed by atoms with van der Waals surface area (Å²) in [6.45, 7) is 11.1. The van der Waals surface area contributed by atoms with E-state index in [4.69, 9.17) is 0 Å². The van der Waals surface area contributed by atoms with Crippen LogP contribution < -0.4 is 10.6 Å². The lowest BCUT2D eigenvalue weighted by Gasteiger charge is -2.32. The van der Waals surface area contributed by atoms with Crippen LogP contribution in [0, 0.1) is 6.92 Å². The molecular weight excluding hydrogens is 412 g/mol. The molecule has 0 amide bonds. The molecule has 5 heteroatoms. The first-order valence-electron chi connectivity index (χ1n) is 11.8. The second-order valence-electron chi connectivity index (χ2n) is 8.99. The lowest BCUT2D eigenvalue weighted by Crippen LogP contribution is -2.28. The molecule has 1 heterocycles. The normalized spacial score (nSPS) is 17.4. The molecule has 1 saturated carbocycles. The minimum absolute atomic E-state index is 0.132. The second kappa shape index (κ2) is 10.5. The number of hydrogen-bond acceptors (Lipinski definition) is 4. The number of para-hydroxylation sites is 1. The smallest absolute Gasteiger partial charge is 0.0871 e. The number of aliphatic imine (C=N–C) groups is 1. The van der Waals surface area contributed by atoms with Gasteiger partial charge in [0, 0.05) is 34.9 Å². The van der Waals surface area contributed by atoms with Gasteiger partial charge in [0.15, 0.2) is 0 Å². The van der Waals surface area contributed by atoms with Crippen molar-refractivity contribution in [1.29, 1.82) is 0 Å². The van der Waals surface area contributed by atoms with E-state index in [1.54, 1.807) is 11.8 Å². The Kier molecular flexibility index (Phi) is 7.46. The molecule has 1 saturated heterocycles. The SMILES string of the molecule is C=C(c1cc(C)cc(C(C)Nc2ccccc2SC)c1NC=NC1CC1)N1CCCCC1. The molecule has 0 aromatic heterocycles. The van der Waals surface area contributed by atoms with Crippen molar-refractivity contribution in [3.05, 3.63) is 59.7 Å². The van der Waals surface area contributed by atoms with Gasteiger partial charge < -0.3 is 15.5 Å². The number of nitrogens with zero attached hydrogens (tertiary/aromatic N) is 2.